The minimum atomic E-state index is -4.89. The summed E-state index contributed by atoms with van der Waals surface area (Å²) in [5.41, 5.74) is -0.832. The lowest BCUT2D eigenvalue weighted by atomic mass is 9.78. The molecule has 0 fully saturated rings. The van der Waals surface area contributed by atoms with Crippen molar-refractivity contribution in [1.82, 2.24) is 4.72 Å². The quantitative estimate of drug-likeness (QED) is 0.280. The molecule has 0 saturated carbocycles. The highest BCUT2D eigenvalue weighted by atomic mass is 32.2. The van der Waals surface area contributed by atoms with Crippen LogP contribution in [0.25, 0.3) is 0 Å². The highest BCUT2D eigenvalue weighted by Gasteiger charge is 2.45. The predicted molar refractivity (Wildman–Crippen MR) is 133 cm³/mol. The average Bonchev–Trinajstić information content (AvgIpc) is 2.83. The van der Waals surface area contributed by atoms with Crippen LogP contribution in [0.15, 0.2) is 66.7 Å². The SMILES string of the molecule is COc1cc(C(Cc2ccccc2)(NS(=O)C(C)(C)C)c2cc(F)cc(OC(F)(F)C(F)F)c2)ccc1F. The van der Waals surface area contributed by atoms with E-state index >= 15 is 0 Å². The monoisotopic (exact) mass is 559 g/mol. The predicted octanol–water partition coefficient (Wildman–Crippen LogP) is 6.75. The highest BCUT2D eigenvalue weighted by molar-refractivity contribution is 7.84. The number of nitrogens with one attached hydrogen (secondary N) is 1. The van der Waals surface area contributed by atoms with E-state index in [0.29, 0.717) is 11.6 Å². The van der Waals surface area contributed by atoms with Crippen LogP contribution in [-0.4, -0.2) is 28.6 Å². The second-order valence-corrected chi connectivity index (χ2v) is 11.5. The van der Waals surface area contributed by atoms with Gasteiger partial charge in [0.05, 0.1) is 28.4 Å². The molecular formula is C27H27F6NO3S. The molecule has 1 N–H and O–H groups in total. The van der Waals surface area contributed by atoms with Gasteiger partial charge in [-0.15, -0.1) is 0 Å². The Bertz CT molecular complexity index is 1280. The summed E-state index contributed by atoms with van der Waals surface area (Å²) in [7, 11) is -0.612. The number of alkyl halides is 4. The largest absolute Gasteiger partial charge is 0.494 e. The number of hydrogen-bond donors (Lipinski definition) is 1. The lowest BCUT2D eigenvalue weighted by molar-refractivity contribution is -0.253. The number of halogens is 6. The van der Waals surface area contributed by atoms with Crippen molar-refractivity contribution >= 4 is 11.0 Å². The van der Waals surface area contributed by atoms with Crippen molar-refractivity contribution < 1.29 is 40.0 Å². The third-order valence-corrected chi connectivity index (χ3v) is 7.30. The summed E-state index contributed by atoms with van der Waals surface area (Å²) in [6, 6.07) is 14.9. The van der Waals surface area contributed by atoms with Crippen molar-refractivity contribution in [2.24, 2.45) is 0 Å². The normalized spacial score (nSPS) is 14.7. The van der Waals surface area contributed by atoms with Gasteiger partial charge in [-0.3, -0.25) is 0 Å². The molecule has 0 aliphatic heterocycles. The summed E-state index contributed by atoms with van der Waals surface area (Å²) in [5, 5.41) is 0. The molecule has 0 radical (unpaired) electrons. The van der Waals surface area contributed by atoms with Crippen LogP contribution in [0.1, 0.15) is 37.5 Å². The van der Waals surface area contributed by atoms with Gasteiger partial charge in [-0.25, -0.2) is 17.7 Å². The Morgan fingerprint density at radius 3 is 2.16 bits per heavy atom. The molecule has 3 aromatic carbocycles. The summed E-state index contributed by atoms with van der Waals surface area (Å²) in [6.07, 6.45) is -9.09. The molecule has 0 amide bonds. The molecule has 2 atom stereocenters. The average molecular weight is 560 g/mol. The van der Waals surface area contributed by atoms with Gasteiger partial charge in [-0.1, -0.05) is 36.4 Å². The highest BCUT2D eigenvalue weighted by Crippen LogP contribution is 2.40. The van der Waals surface area contributed by atoms with E-state index in [1.54, 1.807) is 51.1 Å². The minimum Gasteiger partial charge on any atom is -0.494 e. The minimum absolute atomic E-state index is 0.0292. The number of hydrogen-bond acceptors (Lipinski definition) is 3. The molecule has 0 aliphatic carbocycles. The van der Waals surface area contributed by atoms with Crippen molar-refractivity contribution in [2.75, 3.05) is 7.11 Å². The van der Waals surface area contributed by atoms with Crippen molar-refractivity contribution in [2.45, 2.75) is 50.0 Å². The van der Waals surface area contributed by atoms with Crippen LogP contribution in [0, 0.1) is 11.6 Å². The van der Waals surface area contributed by atoms with Crippen LogP contribution in [-0.2, 0) is 22.9 Å². The van der Waals surface area contributed by atoms with Gasteiger partial charge in [0.1, 0.15) is 11.6 Å². The first-order valence-corrected chi connectivity index (χ1v) is 12.6. The van der Waals surface area contributed by atoms with Gasteiger partial charge in [-0.2, -0.15) is 17.6 Å². The molecule has 3 aromatic rings. The van der Waals surface area contributed by atoms with Crippen molar-refractivity contribution in [3.8, 4) is 11.5 Å². The summed E-state index contributed by atoms with van der Waals surface area (Å²) in [5.74, 6) is -2.83. The van der Waals surface area contributed by atoms with E-state index in [4.69, 9.17) is 4.74 Å². The van der Waals surface area contributed by atoms with Gasteiger partial charge < -0.3 is 9.47 Å². The molecule has 0 bridgehead atoms. The Kier molecular flexibility index (Phi) is 8.82. The third-order valence-electron chi connectivity index (χ3n) is 5.65. The molecule has 2 unspecified atom stereocenters. The van der Waals surface area contributed by atoms with E-state index in [9.17, 15) is 30.6 Å². The van der Waals surface area contributed by atoms with Crippen molar-refractivity contribution in [1.29, 1.82) is 0 Å². The fourth-order valence-corrected chi connectivity index (χ4v) is 4.66. The maximum Gasteiger partial charge on any atom is 0.461 e. The van der Waals surface area contributed by atoms with E-state index in [1.807, 2.05) is 0 Å². The van der Waals surface area contributed by atoms with E-state index in [-0.39, 0.29) is 23.3 Å². The Morgan fingerprint density at radius 1 is 0.921 bits per heavy atom. The Labute approximate surface area is 219 Å². The maximum atomic E-state index is 14.9. The van der Waals surface area contributed by atoms with Crippen molar-refractivity contribution in [3.63, 3.8) is 0 Å². The van der Waals surface area contributed by atoms with Crippen LogP contribution in [0.4, 0.5) is 26.3 Å². The molecule has 3 rings (SSSR count). The van der Waals surface area contributed by atoms with Crippen molar-refractivity contribution in [3.05, 3.63) is 95.1 Å². The molecule has 0 aliphatic rings. The van der Waals surface area contributed by atoms with Crippen LogP contribution in [0.3, 0.4) is 0 Å². The van der Waals surface area contributed by atoms with E-state index < -0.39 is 51.2 Å². The Morgan fingerprint density at radius 2 is 1.58 bits per heavy atom. The Hall–Kier alpha value is -3.05. The van der Waals surface area contributed by atoms with Gasteiger partial charge in [0.2, 0.25) is 0 Å². The van der Waals surface area contributed by atoms with Gasteiger partial charge in [0, 0.05) is 6.07 Å². The summed E-state index contributed by atoms with van der Waals surface area (Å²) in [4.78, 5) is 0. The molecule has 38 heavy (non-hydrogen) atoms. The first kappa shape index (κ1) is 29.5. The molecule has 206 valence electrons. The second kappa shape index (κ2) is 11.4. The van der Waals surface area contributed by atoms with Crippen LogP contribution < -0.4 is 14.2 Å². The van der Waals surface area contributed by atoms with Crippen LogP contribution >= 0.6 is 0 Å². The fraction of sp³-hybridized carbons (Fsp3) is 0.333. The van der Waals surface area contributed by atoms with Gasteiger partial charge in [0.25, 0.3) is 0 Å². The fourth-order valence-electron chi connectivity index (χ4n) is 3.73. The zero-order chi connectivity index (χ0) is 28.3. The van der Waals surface area contributed by atoms with E-state index in [1.165, 1.54) is 19.2 Å². The number of rotatable bonds is 10. The maximum absolute atomic E-state index is 14.9. The van der Waals surface area contributed by atoms with E-state index in [2.05, 4.69) is 9.46 Å². The number of ether oxygens (including phenoxy) is 2. The molecule has 0 heterocycles. The standard InChI is InChI=1S/C27H27F6NO3S/c1-25(2,3)38(35)34-26(16-17-8-6-5-7-9-17,18-10-11-22(29)23(14-18)36-4)19-12-20(28)15-21(13-19)37-27(32,33)24(30)31/h5-15,24,34H,16H2,1-4H3. The van der Waals surface area contributed by atoms with Crippen LogP contribution in [0.2, 0.25) is 0 Å². The summed E-state index contributed by atoms with van der Waals surface area (Å²) < 4.78 is 107. The van der Waals surface area contributed by atoms with Crippen LogP contribution in [0.5, 0.6) is 11.5 Å². The third kappa shape index (κ3) is 6.68. The van der Waals surface area contributed by atoms with Gasteiger partial charge in [0.15, 0.2) is 11.6 Å². The summed E-state index contributed by atoms with van der Waals surface area (Å²) >= 11 is 0. The zero-order valence-electron chi connectivity index (χ0n) is 21.0. The smallest absolute Gasteiger partial charge is 0.461 e. The van der Waals surface area contributed by atoms with E-state index in [0.717, 1.165) is 18.2 Å². The zero-order valence-corrected chi connectivity index (χ0v) is 21.9. The summed E-state index contributed by atoms with van der Waals surface area (Å²) in [6.45, 7) is 5.04. The first-order valence-electron chi connectivity index (χ1n) is 11.4. The lowest BCUT2D eigenvalue weighted by Gasteiger charge is -2.38. The Balaban J connectivity index is 2.35. The topological polar surface area (TPSA) is 47.6 Å². The lowest BCUT2D eigenvalue weighted by Crippen LogP contribution is -2.50. The first-order chi connectivity index (χ1) is 17.7. The molecule has 4 nitrogen and oxygen atoms in total. The molecule has 0 spiro atoms. The molecule has 0 saturated heterocycles. The molecular weight excluding hydrogens is 532 g/mol. The van der Waals surface area contributed by atoms with Gasteiger partial charge in [-0.05, 0) is 68.1 Å². The number of benzene rings is 3. The number of methoxy groups -OCH3 is 1. The second-order valence-electron chi connectivity index (χ2n) is 9.54. The molecule has 0 aromatic heterocycles. The molecule has 11 heteroatoms. The van der Waals surface area contributed by atoms with Gasteiger partial charge >= 0.3 is 12.5 Å².